The van der Waals surface area contributed by atoms with Gasteiger partial charge in [0.1, 0.15) is 0 Å². The van der Waals surface area contributed by atoms with E-state index in [0.29, 0.717) is 0 Å². The van der Waals surface area contributed by atoms with E-state index >= 15 is 0 Å². The summed E-state index contributed by atoms with van der Waals surface area (Å²) in [6, 6.07) is 10.2. The van der Waals surface area contributed by atoms with Gasteiger partial charge in [-0.25, -0.2) is 4.79 Å². The molecule has 0 heterocycles. The molecule has 5 N–H and O–H groups in total. The van der Waals surface area contributed by atoms with E-state index in [0.717, 1.165) is 19.3 Å². The minimum atomic E-state index is -1.65. The van der Waals surface area contributed by atoms with E-state index in [2.05, 4.69) is 12.1 Å². The molecule has 0 radical (unpaired) electrons. The van der Waals surface area contributed by atoms with E-state index in [4.69, 9.17) is 16.6 Å². The molecule has 0 aromatic heterocycles. The molecule has 19 heavy (non-hydrogen) atoms. The van der Waals surface area contributed by atoms with Gasteiger partial charge in [0, 0.05) is 5.92 Å². The maximum absolute atomic E-state index is 11.0. The summed E-state index contributed by atoms with van der Waals surface area (Å²) in [4.78, 5) is 11.0. The summed E-state index contributed by atoms with van der Waals surface area (Å²) in [5.41, 5.74) is 11.0. The molecule has 0 aliphatic rings. The first-order valence-electron chi connectivity index (χ1n) is 6.70. The van der Waals surface area contributed by atoms with E-state index in [1.54, 1.807) is 6.92 Å². The lowest BCUT2D eigenvalue weighted by Crippen LogP contribution is -2.62. The molecular formula is C15H24N2O2. The Labute approximate surface area is 114 Å². The second-order valence-corrected chi connectivity index (χ2v) is 5.38. The fourth-order valence-electron chi connectivity index (χ4n) is 2.19. The van der Waals surface area contributed by atoms with Gasteiger partial charge < -0.3 is 16.6 Å². The highest BCUT2D eigenvalue weighted by Crippen LogP contribution is 2.24. The van der Waals surface area contributed by atoms with Gasteiger partial charge in [0.15, 0.2) is 5.66 Å². The number of carbonyl (C=O) groups is 1. The first-order chi connectivity index (χ1) is 8.85. The number of rotatable bonds is 7. The van der Waals surface area contributed by atoms with Crippen molar-refractivity contribution >= 4 is 5.97 Å². The Morgan fingerprint density at radius 2 is 1.84 bits per heavy atom. The molecule has 2 unspecified atom stereocenters. The monoisotopic (exact) mass is 264 g/mol. The van der Waals surface area contributed by atoms with Crippen LogP contribution in [-0.2, 0) is 11.2 Å². The van der Waals surface area contributed by atoms with Gasteiger partial charge in [-0.15, -0.1) is 0 Å². The number of aryl methyl sites for hydroxylation is 1. The predicted octanol–water partition coefficient (Wildman–Crippen LogP) is 1.98. The molecule has 106 valence electrons. The third kappa shape index (κ3) is 4.33. The van der Waals surface area contributed by atoms with Crippen LogP contribution in [-0.4, -0.2) is 16.7 Å². The smallest absolute Gasteiger partial charge is 0.338 e. The summed E-state index contributed by atoms with van der Waals surface area (Å²) in [5.74, 6) is -1.23. The first-order valence-corrected chi connectivity index (χ1v) is 6.70. The van der Waals surface area contributed by atoms with Crippen LogP contribution in [0.5, 0.6) is 0 Å². The molecule has 1 aromatic rings. The van der Waals surface area contributed by atoms with E-state index in [9.17, 15) is 4.79 Å². The molecule has 0 spiro atoms. The third-order valence-electron chi connectivity index (χ3n) is 3.95. The minimum Gasteiger partial charge on any atom is -0.479 e. The Hall–Kier alpha value is -1.39. The van der Waals surface area contributed by atoms with Crippen molar-refractivity contribution in [3.8, 4) is 0 Å². The number of carboxylic acids is 1. The molecule has 0 bridgehead atoms. The molecule has 0 aliphatic carbocycles. The number of hydrogen-bond acceptors (Lipinski definition) is 3. The van der Waals surface area contributed by atoms with Gasteiger partial charge in [0.05, 0.1) is 0 Å². The number of aliphatic carboxylic acids is 1. The van der Waals surface area contributed by atoms with Gasteiger partial charge in [-0.3, -0.25) is 0 Å². The fourth-order valence-corrected chi connectivity index (χ4v) is 2.19. The average Bonchev–Trinajstić information content (AvgIpc) is 2.38. The molecule has 4 nitrogen and oxygen atoms in total. The zero-order valence-electron chi connectivity index (χ0n) is 11.7. The predicted molar refractivity (Wildman–Crippen MR) is 76.4 cm³/mol. The third-order valence-corrected chi connectivity index (χ3v) is 3.95. The van der Waals surface area contributed by atoms with Crippen LogP contribution in [0.3, 0.4) is 0 Å². The second kappa shape index (κ2) is 6.68. The van der Waals surface area contributed by atoms with Crippen LogP contribution in [0.1, 0.15) is 32.3 Å². The van der Waals surface area contributed by atoms with Crippen molar-refractivity contribution in [2.45, 2.75) is 38.8 Å². The maximum Gasteiger partial charge on any atom is 0.338 e. The molecule has 0 aliphatic heterocycles. The average molecular weight is 264 g/mol. The van der Waals surface area contributed by atoms with E-state index < -0.39 is 11.6 Å². The lowest BCUT2D eigenvalue weighted by atomic mass is 9.82. The largest absolute Gasteiger partial charge is 0.479 e. The molecule has 0 amide bonds. The summed E-state index contributed by atoms with van der Waals surface area (Å²) >= 11 is 0. The van der Waals surface area contributed by atoms with Gasteiger partial charge in [0.2, 0.25) is 0 Å². The SMILES string of the molecule is CC(CCCc1ccccc1)C(C)C(N)(N)C(=O)O. The lowest BCUT2D eigenvalue weighted by molar-refractivity contribution is -0.146. The van der Waals surface area contributed by atoms with E-state index in [1.165, 1.54) is 5.56 Å². The molecule has 2 atom stereocenters. The zero-order chi connectivity index (χ0) is 14.5. The highest BCUT2D eigenvalue weighted by atomic mass is 16.4. The second-order valence-electron chi connectivity index (χ2n) is 5.38. The number of benzene rings is 1. The summed E-state index contributed by atoms with van der Waals surface area (Å²) in [5, 5.41) is 9.01. The summed E-state index contributed by atoms with van der Waals surface area (Å²) in [7, 11) is 0. The number of carboxylic acid groups (broad SMARTS) is 1. The normalized spacial score (nSPS) is 14.9. The Bertz CT molecular complexity index is 404. The Balaban J connectivity index is 2.43. The number of hydrogen-bond donors (Lipinski definition) is 3. The summed E-state index contributed by atoms with van der Waals surface area (Å²) < 4.78 is 0. The molecule has 0 fully saturated rings. The molecule has 0 saturated heterocycles. The van der Waals surface area contributed by atoms with E-state index in [-0.39, 0.29) is 11.8 Å². The van der Waals surface area contributed by atoms with Gasteiger partial charge in [-0.05, 0) is 24.3 Å². The van der Waals surface area contributed by atoms with Crippen molar-refractivity contribution in [2.24, 2.45) is 23.3 Å². The molecule has 0 saturated carbocycles. The quantitative estimate of drug-likeness (QED) is 0.657. The van der Waals surface area contributed by atoms with Crippen molar-refractivity contribution in [3.63, 3.8) is 0 Å². The van der Waals surface area contributed by atoms with Crippen molar-refractivity contribution in [3.05, 3.63) is 35.9 Å². The van der Waals surface area contributed by atoms with Gasteiger partial charge in [-0.1, -0.05) is 50.6 Å². The van der Waals surface area contributed by atoms with Crippen LogP contribution in [0, 0.1) is 11.8 Å². The van der Waals surface area contributed by atoms with Crippen molar-refractivity contribution in [2.75, 3.05) is 0 Å². The highest BCUT2D eigenvalue weighted by Gasteiger charge is 2.38. The van der Waals surface area contributed by atoms with Gasteiger partial charge in [-0.2, -0.15) is 0 Å². The maximum atomic E-state index is 11.0. The Morgan fingerprint density at radius 1 is 1.26 bits per heavy atom. The number of nitrogens with two attached hydrogens (primary N) is 2. The van der Waals surface area contributed by atoms with Crippen molar-refractivity contribution in [1.82, 2.24) is 0 Å². The standard InChI is InChI=1S/C15H24N2O2/c1-11(12(2)15(16,17)14(18)19)7-6-10-13-8-4-3-5-9-13/h3-5,8-9,11-12H,6-7,10,16-17H2,1-2H3,(H,18,19). The van der Waals surface area contributed by atoms with Crippen LogP contribution in [0.2, 0.25) is 0 Å². The minimum absolute atomic E-state index is 0.176. The highest BCUT2D eigenvalue weighted by molar-refractivity contribution is 5.77. The van der Waals surface area contributed by atoms with Crippen LogP contribution in [0.15, 0.2) is 30.3 Å². The summed E-state index contributed by atoms with van der Waals surface area (Å²) in [6.45, 7) is 3.81. The summed E-state index contributed by atoms with van der Waals surface area (Å²) in [6.07, 6.45) is 2.91. The van der Waals surface area contributed by atoms with Gasteiger partial charge in [0.25, 0.3) is 0 Å². The molecule has 1 aromatic carbocycles. The van der Waals surface area contributed by atoms with E-state index in [1.807, 2.05) is 25.1 Å². The molecular weight excluding hydrogens is 240 g/mol. The van der Waals surface area contributed by atoms with Crippen LogP contribution >= 0.6 is 0 Å². The first kappa shape index (κ1) is 15.7. The topological polar surface area (TPSA) is 89.3 Å². The Kier molecular flexibility index (Phi) is 5.51. The lowest BCUT2D eigenvalue weighted by Gasteiger charge is -2.31. The molecule has 1 rings (SSSR count). The Morgan fingerprint density at radius 3 is 2.37 bits per heavy atom. The van der Waals surface area contributed by atoms with Crippen molar-refractivity contribution in [1.29, 1.82) is 0 Å². The van der Waals surface area contributed by atoms with Gasteiger partial charge >= 0.3 is 5.97 Å². The van der Waals surface area contributed by atoms with Crippen LogP contribution in [0.4, 0.5) is 0 Å². The van der Waals surface area contributed by atoms with Crippen LogP contribution < -0.4 is 11.5 Å². The fraction of sp³-hybridized carbons (Fsp3) is 0.533. The zero-order valence-corrected chi connectivity index (χ0v) is 11.7. The van der Waals surface area contributed by atoms with Crippen molar-refractivity contribution < 1.29 is 9.90 Å². The molecule has 4 heteroatoms. The van der Waals surface area contributed by atoms with Crippen LogP contribution in [0.25, 0.3) is 0 Å².